The first-order chi connectivity index (χ1) is 9.00. The second-order valence-corrected chi connectivity index (χ2v) is 7.09. The number of hydrogen-bond donors (Lipinski definition) is 1. The molecule has 0 aromatic carbocycles. The van der Waals surface area contributed by atoms with Crippen molar-refractivity contribution in [2.75, 3.05) is 20.1 Å². The van der Waals surface area contributed by atoms with Crippen molar-refractivity contribution in [2.24, 2.45) is 11.8 Å². The van der Waals surface area contributed by atoms with Gasteiger partial charge in [0, 0.05) is 12.1 Å². The molecule has 2 nitrogen and oxygen atoms in total. The zero-order chi connectivity index (χ0) is 14.3. The van der Waals surface area contributed by atoms with Crippen LogP contribution in [-0.4, -0.2) is 37.1 Å². The number of hydrogen-bond acceptors (Lipinski definition) is 2. The van der Waals surface area contributed by atoms with Gasteiger partial charge in [-0.3, -0.25) is 0 Å². The molecule has 0 spiro atoms. The Balaban J connectivity index is 2.13. The monoisotopic (exact) mass is 268 g/mol. The highest BCUT2D eigenvalue weighted by molar-refractivity contribution is 4.76. The molecule has 2 heteroatoms. The predicted molar refractivity (Wildman–Crippen MR) is 85.6 cm³/mol. The van der Waals surface area contributed by atoms with E-state index in [9.17, 15) is 0 Å². The Morgan fingerprint density at radius 2 is 1.79 bits per heavy atom. The van der Waals surface area contributed by atoms with E-state index < -0.39 is 0 Å². The molecular weight excluding hydrogens is 232 g/mol. The second-order valence-electron chi connectivity index (χ2n) is 7.09. The number of nitrogens with one attached hydrogen (secondary N) is 1. The van der Waals surface area contributed by atoms with Crippen LogP contribution in [0.5, 0.6) is 0 Å². The molecular formula is C17H36N2. The Labute approximate surface area is 121 Å². The van der Waals surface area contributed by atoms with E-state index in [0.717, 1.165) is 17.9 Å². The van der Waals surface area contributed by atoms with E-state index in [2.05, 4.69) is 45.0 Å². The Bertz CT molecular complexity index is 225. The van der Waals surface area contributed by atoms with Crippen LogP contribution >= 0.6 is 0 Å². The maximum absolute atomic E-state index is 3.79. The van der Waals surface area contributed by atoms with E-state index in [1.807, 2.05) is 0 Å². The summed E-state index contributed by atoms with van der Waals surface area (Å²) in [6.07, 6.45) is 8.37. The Morgan fingerprint density at radius 1 is 1.05 bits per heavy atom. The molecule has 1 aliphatic carbocycles. The highest BCUT2D eigenvalue weighted by atomic mass is 15.1. The first kappa shape index (κ1) is 17.0. The van der Waals surface area contributed by atoms with Gasteiger partial charge >= 0.3 is 0 Å². The van der Waals surface area contributed by atoms with Crippen molar-refractivity contribution in [1.29, 1.82) is 0 Å². The van der Waals surface area contributed by atoms with Crippen molar-refractivity contribution in [3.63, 3.8) is 0 Å². The molecule has 0 aromatic heterocycles. The van der Waals surface area contributed by atoms with Crippen LogP contribution < -0.4 is 5.32 Å². The Morgan fingerprint density at radius 3 is 2.42 bits per heavy atom. The summed E-state index contributed by atoms with van der Waals surface area (Å²) >= 11 is 0. The minimum Gasteiger partial charge on any atom is -0.314 e. The molecule has 19 heavy (non-hydrogen) atoms. The lowest BCUT2D eigenvalue weighted by atomic mass is 9.89. The van der Waals surface area contributed by atoms with Gasteiger partial charge in [-0.1, -0.05) is 26.7 Å². The van der Waals surface area contributed by atoms with Gasteiger partial charge in [0.1, 0.15) is 0 Å². The molecule has 0 aromatic rings. The van der Waals surface area contributed by atoms with E-state index in [1.165, 1.54) is 51.6 Å². The van der Waals surface area contributed by atoms with Crippen LogP contribution in [0.25, 0.3) is 0 Å². The molecule has 1 N–H and O–H groups in total. The zero-order valence-electron chi connectivity index (χ0n) is 13.9. The molecule has 114 valence electrons. The van der Waals surface area contributed by atoms with Gasteiger partial charge in [-0.05, 0) is 71.5 Å². The van der Waals surface area contributed by atoms with E-state index in [1.54, 1.807) is 0 Å². The molecule has 2 unspecified atom stereocenters. The maximum Gasteiger partial charge on any atom is 0.00671 e. The minimum absolute atomic E-state index is 0.671. The summed E-state index contributed by atoms with van der Waals surface area (Å²) in [7, 11) is 2.23. The molecule has 1 aliphatic rings. The summed E-state index contributed by atoms with van der Waals surface area (Å²) in [4.78, 5) is 2.43. The average molecular weight is 268 g/mol. The van der Waals surface area contributed by atoms with Crippen molar-refractivity contribution >= 4 is 0 Å². The van der Waals surface area contributed by atoms with Gasteiger partial charge in [-0.25, -0.2) is 0 Å². The highest BCUT2D eigenvalue weighted by Gasteiger charge is 2.20. The van der Waals surface area contributed by atoms with Gasteiger partial charge < -0.3 is 10.2 Å². The van der Waals surface area contributed by atoms with Crippen LogP contribution in [0.1, 0.15) is 66.2 Å². The van der Waals surface area contributed by atoms with Crippen LogP contribution in [0.15, 0.2) is 0 Å². The van der Waals surface area contributed by atoms with Gasteiger partial charge in [0.25, 0.3) is 0 Å². The molecule has 0 radical (unpaired) electrons. The summed E-state index contributed by atoms with van der Waals surface area (Å²) in [5.74, 6) is 1.84. The normalized spacial score (nSPS) is 25.3. The number of rotatable bonds is 7. The lowest BCUT2D eigenvalue weighted by Gasteiger charge is -2.22. The smallest absolute Gasteiger partial charge is 0.00671 e. The lowest BCUT2D eigenvalue weighted by Crippen LogP contribution is -2.33. The standard InChI is InChI=1S/C17H36N2/c1-14(2)16-8-6-9-17(11-10-16)18-12-7-13-19(5)15(3)4/h14-18H,6-13H2,1-5H3. The first-order valence-corrected chi connectivity index (χ1v) is 8.44. The zero-order valence-corrected chi connectivity index (χ0v) is 13.9. The fourth-order valence-corrected chi connectivity index (χ4v) is 3.09. The van der Waals surface area contributed by atoms with Gasteiger partial charge in [0.15, 0.2) is 0 Å². The van der Waals surface area contributed by atoms with E-state index in [4.69, 9.17) is 0 Å². The number of nitrogens with zero attached hydrogens (tertiary/aromatic N) is 1. The van der Waals surface area contributed by atoms with Crippen molar-refractivity contribution in [1.82, 2.24) is 10.2 Å². The molecule has 0 saturated heterocycles. The van der Waals surface area contributed by atoms with Crippen LogP contribution in [0, 0.1) is 11.8 Å². The topological polar surface area (TPSA) is 15.3 Å². The summed E-state index contributed by atoms with van der Waals surface area (Å²) < 4.78 is 0. The third-order valence-electron chi connectivity index (χ3n) is 4.96. The highest BCUT2D eigenvalue weighted by Crippen LogP contribution is 2.28. The maximum atomic E-state index is 3.79. The fourth-order valence-electron chi connectivity index (χ4n) is 3.09. The van der Waals surface area contributed by atoms with Crippen molar-refractivity contribution in [3.05, 3.63) is 0 Å². The van der Waals surface area contributed by atoms with Crippen LogP contribution in [0.3, 0.4) is 0 Å². The van der Waals surface area contributed by atoms with Gasteiger partial charge in [-0.15, -0.1) is 0 Å². The summed E-state index contributed by atoms with van der Waals surface area (Å²) in [6, 6.07) is 1.46. The van der Waals surface area contributed by atoms with Gasteiger partial charge in [-0.2, -0.15) is 0 Å². The quantitative estimate of drug-likeness (QED) is 0.556. The van der Waals surface area contributed by atoms with E-state index >= 15 is 0 Å². The minimum atomic E-state index is 0.671. The third-order valence-corrected chi connectivity index (χ3v) is 4.96. The molecule has 1 saturated carbocycles. The first-order valence-electron chi connectivity index (χ1n) is 8.44. The molecule has 0 heterocycles. The Kier molecular flexibility index (Phi) is 8.01. The molecule has 1 rings (SSSR count). The third kappa shape index (κ3) is 6.76. The van der Waals surface area contributed by atoms with Gasteiger partial charge in [0.2, 0.25) is 0 Å². The second kappa shape index (κ2) is 8.97. The molecule has 0 bridgehead atoms. The van der Waals surface area contributed by atoms with Gasteiger partial charge in [0.05, 0.1) is 0 Å². The lowest BCUT2D eigenvalue weighted by molar-refractivity contribution is 0.266. The summed E-state index contributed by atoms with van der Waals surface area (Å²) in [6.45, 7) is 11.7. The van der Waals surface area contributed by atoms with Crippen molar-refractivity contribution < 1.29 is 0 Å². The van der Waals surface area contributed by atoms with Crippen LogP contribution in [-0.2, 0) is 0 Å². The van der Waals surface area contributed by atoms with Crippen LogP contribution in [0.2, 0.25) is 0 Å². The SMILES string of the molecule is CC(C)C1CCCC(NCCCN(C)C(C)C)CC1. The predicted octanol–water partition coefficient (Wildman–Crippen LogP) is 3.91. The molecule has 0 aliphatic heterocycles. The Hall–Kier alpha value is -0.0800. The summed E-state index contributed by atoms with van der Waals surface area (Å²) in [5, 5.41) is 3.79. The van der Waals surface area contributed by atoms with Crippen LogP contribution in [0.4, 0.5) is 0 Å². The molecule has 1 fully saturated rings. The van der Waals surface area contributed by atoms with E-state index in [0.29, 0.717) is 6.04 Å². The largest absolute Gasteiger partial charge is 0.314 e. The van der Waals surface area contributed by atoms with E-state index in [-0.39, 0.29) is 0 Å². The molecule has 0 amide bonds. The summed E-state index contributed by atoms with van der Waals surface area (Å²) in [5.41, 5.74) is 0. The van der Waals surface area contributed by atoms with Crippen molar-refractivity contribution in [3.8, 4) is 0 Å². The molecule has 2 atom stereocenters. The van der Waals surface area contributed by atoms with Crippen molar-refractivity contribution in [2.45, 2.75) is 78.3 Å². The fraction of sp³-hybridized carbons (Fsp3) is 1.00. The average Bonchev–Trinajstić information content (AvgIpc) is 2.59.